The first kappa shape index (κ1) is 83.1. The quantitative estimate of drug-likeness (QED) is 0.00933. The molecule has 0 atom stereocenters. The molecule has 0 saturated carbocycles. The van der Waals surface area contributed by atoms with Crippen molar-refractivity contribution in [3.8, 4) is 0 Å². The second kappa shape index (κ2) is 44.7. The third-order valence-corrected chi connectivity index (χ3v) is 16.1. The first-order valence-electron chi connectivity index (χ1n) is 28.8. The summed E-state index contributed by atoms with van der Waals surface area (Å²) in [6, 6.07) is 24.0. The monoisotopic (exact) mass is 1640 g/mol. The van der Waals surface area contributed by atoms with Crippen molar-refractivity contribution in [2.45, 2.75) is 54.4 Å². The predicted molar refractivity (Wildman–Crippen MR) is 381 cm³/mol. The number of β-amino-alcohol motifs (C(OH)–C–C–N with tert-alkyl or cyclic N) is 2. The summed E-state index contributed by atoms with van der Waals surface area (Å²) in [5.74, 6) is 4.35. The Balaban J connectivity index is 0.000000330. The van der Waals surface area contributed by atoms with Gasteiger partial charge in [0.15, 0.2) is 26.9 Å². The number of thiazole rings is 2. The summed E-state index contributed by atoms with van der Waals surface area (Å²) in [6.07, 6.45) is 11.7. The summed E-state index contributed by atoms with van der Waals surface area (Å²) in [7, 11) is 1.50. The molecule has 2 aliphatic heterocycles. The fourth-order valence-electron chi connectivity index (χ4n) is 8.72. The number of para-hydroxylation sites is 1. The Bertz CT molecular complexity index is 3650. The molecule has 0 bridgehead atoms. The summed E-state index contributed by atoms with van der Waals surface area (Å²) in [6.45, 7) is 21.0. The number of nitrogens with zero attached hydrogens (tertiary/aromatic N) is 11. The second-order valence-corrected chi connectivity index (χ2v) is 23.6. The van der Waals surface area contributed by atoms with Crippen LogP contribution in [0.15, 0.2) is 104 Å². The zero-order chi connectivity index (χ0) is 65.7. The number of thiocarbonyl (C=S) groups is 1. The summed E-state index contributed by atoms with van der Waals surface area (Å²) in [5.41, 5.74) is 10.8. The van der Waals surface area contributed by atoms with Crippen LogP contribution < -0.4 is 37.2 Å². The number of amides is 1. The number of methoxy groups -OCH3 is 1. The number of nitrogens with one attached hydrogen (secondary N) is 5. The molecule has 31 heteroatoms. The summed E-state index contributed by atoms with van der Waals surface area (Å²) in [4.78, 5) is 78.0. The van der Waals surface area contributed by atoms with Gasteiger partial charge in [-0.3, -0.25) is 24.2 Å². The van der Waals surface area contributed by atoms with Crippen LogP contribution in [0.1, 0.15) is 64.6 Å². The number of aliphatic hydroxyl groups is 2. The molecule has 8 aromatic rings. The van der Waals surface area contributed by atoms with Crippen molar-refractivity contribution in [2.24, 2.45) is 5.73 Å². The Kier molecular flexibility index (Phi) is 39.5. The molecular weight excluding hydrogens is 1560 g/mol. The van der Waals surface area contributed by atoms with Crippen LogP contribution in [0.25, 0.3) is 0 Å². The molecule has 2 fully saturated rings. The third kappa shape index (κ3) is 29.3. The van der Waals surface area contributed by atoms with Crippen LogP contribution in [0.5, 0.6) is 0 Å². The molecule has 496 valence electrons. The SMILES string of the molecule is COC=CC(=O)Nc1ccccc1C.Cc1n[c-]cc(NC(N)=S)n1.Cc1n[c-]cc(Nc2ncc(C(=O)Cc3c(C)cccc3Cl)s2)n1.Cc1nc(Nc2ncc(C(=O)Cc3c(C)cccc3Cl)s2)cc(N2CCN(CCO)CC2)n1.I.OCCN1CCNCC1.[Y].[Y]. The number of anilines is 7. The van der Waals surface area contributed by atoms with Crippen molar-refractivity contribution in [3.63, 3.8) is 0 Å². The molecule has 2 aliphatic rings. The van der Waals surface area contributed by atoms with Gasteiger partial charge in [0.25, 0.3) is 5.91 Å². The van der Waals surface area contributed by atoms with E-state index >= 15 is 0 Å². The zero-order valence-corrected chi connectivity index (χ0v) is 65.3. The van der Waals surface area contributed by atoms with Gasteiger partial charge in [0.05, 0.1) is 48.7 Å². The molecule has 0 aliphatic carbocycles. The van der Waals surface area contributed by atoms with Crippen LogP contribution >= 0.6 is 82.1 Å². The third-order valence-electron chi connectivity index (χ3n) is 13.4. The minimum atomic E-state index is -0.193. The molecular formula is C63H76Cl2IN17O6S3Y2-2. The van der Waals surface area contributed by atoms with Gasteiger partial charge in [-0.2, -0.15) is 0 Å². The number of aromatic nitrogens is 8. The number of rotatable bonds is 19. The molecule has 7 heterocycles. The molecule has 9 N–H and O–H groups in total. The van der Waals surface area contributed by atoms with Gasteiger partial charge in [0.1, 0.15) is 17.5 Å². The molecule has 0 spiro atoms. The number of Topliss-reactive ketones (excluding diaryl/α,β-unsaturated/α-hetero) is 2. The number of carbonyl (C=O) groups excluding carboxylic acids is 3. The maximum Gasteiger partial charge on any atom is 0.251 e. The average molecular weight is 1640 g/mol. The minimum absolute atomic E-state index is 0. The second-order valence-electron chi connectivity index (χ2n) is 20.3. The maximum absolute atomic E-state index is 12.8. The van der Waals surface area contributed by atoms with Gasteiger partial charge in [0, 0.05) is 195 Å². The van der Waals surface area contributed by atoms with Crippen LogP contribution in [-0.4, -0.2) is 168 Å². The van der Waals surface area contributed by atoms with E-state index < -0.39 is 0 Å². The normalized spacial score (nSPS) is 12.5. The smallest absolute Gasteiger partial charge is 0.251 e. The van der Waals surface area contributed by atoms with Gasteiger partial charge in [0.2, 0.25) is 0 Å². The number of piperazine rings is 2. The number of ether oxygens (including phenoxy) is 1. The van der Waals surface area contributed by atoms with Crippen LogP contribution in [-0.2, 0) is 87.8 Å². The number of ketones is 2. The predicted octanol–water partition coefficient (Wildman–Crippen LogP) is 9.49. The largest absolute Gasteiger partial charge is 0.504 e. The number of aryl methyl sites for hydroxylation is 6. The van der Waals surface area contributed by atoms with Crippen molar-refractivity contribution < 1.29 is 94.8 Å². The van der Waals surface area contributed by atoms with Crippen LogP contribution in [0.3, 0.4) is 0 Å². The van der Waals surface area contributed by atoms with E-state index in [4.69, 9.17) is 39.1 Å². The van der Waals surface area contributed by atoms with Gasteiger partial charge in [-0.1, -0.05) is 115 Å². The number of carbonyl (C=O) groups is 3. The summed E-state index contributed by atoms with van der Waals surface area (Å²) >= 11 is 19.7. The Morgan fingerprint density at radius 2 is 1.16 bits per heavy atom. The molecule has 1 amide bonds. The van der Waals surface area contributed by atoms with Gasteiger partial charge < -0.3 is 72.1 Å². The van der Waals surface area contributed by atoms with E-state index in [0.717, 1.165) is 98.2 Å². The molecule has 23 nitrogen and oxygen atoms in total. The van der Waals surface area contributed by atoms with E-state index in [9.17, 15) is 14.4 Å². The molecule has 2 saturated heterocycles. The fourth-order valence-corrected chi connectivity index (χ4v) is 10.9. The number of nitrogens with two attached hydrogens (primary N) is 1. The van der Waals surface area contributed by atoms with Gasteiger partial charge >= 0.3 is 0 Å². The first-order valence-corrected chi connectivity index (χ1v) is 31.6. The Hall–Kier alpha value is -5.08. The van der Waals surface area contributed by atoms with Gasteiger partial charge in [-0.05, 0) is 85.9 Å². The van der Waals surface area contributed by atoms with Crippen molar-refractivity contribution in [2.75, 3.05) is 112 Å². The van der Waals surface area contributed by atoms with Crippen LogP contribution in [0, 0.1) is 53.9 Å². The molecule has 2 radical (unpaired) electrons. The van der Waals surface area contributed by atoms with Crippen molar-refractivity contribution >= 4 is 144 Å². The summed E-state index contributed by atoms with van der Waals surface area (Å²) < 4.78 is 4.64. The number of benzene rings is 3. The van der Waals surface area contributed by atoms with Crippen molar-refractivity contribution in [3.05, 3.63) is 181 Å². The Morgan fingerprint density at radius 3 is 1.66 bits per heavy atom. The molecule has 5 aromatic heterocycles. The Labute approximate surface area is 639 Å². The first-order chi connectivity index (χ1) is 43.8. The standard InChI is InChI=1S/C23H27ClN6O2S.C17H14ClN4OS.C11H13NO2.C6H7N4S.C6H14N2O.HI.2Y/c1-15-4-3-5-18(24)17(15)12-19(32)20-14-25-23(33-20)28-21-13-22(27-16(2)26-21)30-8-6-29(7-9-30)10-11-31;1-10-4-3-5-13(18)12(10)8-14(23)15-9-20-17(24-15)22-16-6-7-19-11(2)21-16;1-9-5-3-4-6-10(9)12-11(13)7-8-14-2;1-4-8-3-2-5(9-4)10-6(7)11;9-6-5-8-3-1-7-2-4-8;;;/h3-5,13-14,31H,6-12H2,1-2H3,(H,25,26,27,28);3-6,9H,8H2,1-2H3,(H,19,20,21,22);3-8H,1-2H3,(H,12,13);2H,1H3,(H3,7,8,9,10,11);7,9H,1-6H2;1H;;/q;-1;;-1;;;;. The fraction of sp³-hybridized carbons (Fsp3) is 0.333. The zero-order valence-electron chi connectivity index (χ0n) is 53.3. The van der Waals surface area contributed by atoms with E-state index in [0.29, 0.717) is 78.1 Å². The van der Waals surface area contributed by atoms with Gasteiger partial charge in [-0.15, -0.1) is 36.1 Å². The van der Waals surface area contributed by atoms with E-state index in [2.05, 4.69) is 111 Å². The summed E-state index contributed by atoms with van der Waals surface area (Å²) in [5, 5.41) is 35.2. The van der Waals surface area contributed by atoms with E-state index in [1.165, 1.54) is 42.1 Å². The number of hydrogen-bond donors (Lipinski definition) is 8. The van der Waals surface area contributed by atoms with Crippen molar-refractivity contribution in [1.82, 2.24) is 55.0 Å². The van der Waals surface area contributed by atoms with Crippen LogP contribution in [0.4, 0.5) is 39.2 Å². The average Bonchev–Trinajstić information content (AvgIpc) is 1.48. The van der Waals surface area contributed by atoms with E-state index in [-0.39, 0.29) is 131 Å². The van der Waals surface area contributed by atoms with Gasteiger partial charge in [-0.25, -0.2) is 19.9 Å². The topological polar surface area (TPSA) is 300 Å². The number of hydrogen-bond acceptors (Lipinski definition) is 23. The van der Waals surface area contributed by atoms with Crippen molar-refractivity contribution in [1.29, 1.82) is 0 Å². The Morgan fingerprint density at radius 1 is 0.670 bits per heavy atom. The van der Waals surface area contributed by atoms with E-state index in [1.54, 1.807) is 50.5 Å². The maximum atomic E-state index is 12.8. The molecule has 10 rings (SSSR count). The molecule has 94 heavy (non-hydrogen) atoms. The number of aliphatic hydroxyl groups excluding tert-OH is 2. The van der Waals surface area contributed by atoms with Crippen LogP contribution in [0.2, 0.25) is 10.0 Å². The molecule has 0 unspecified atom stereocenters. The minimum Gasteiger partial charge on any atom is -0.504 e. The van der Waals surface area contributed by atoms with E-state index in [1.807, 2.05) is 82.3 Å². The number of halogens is 3. The molecule has 3 aromatic carbocycles.